The average molecular weight is 214 g/mol. The molecule has 86 valence electrons. The average Bonchev–Trinajstić information content (AvgIpc) is 2.25. The van der Waals surface area contributed by atoms with Crippen LogP contribution in [0, 0.1) is 0 Å². The van der Waals surface area contributed by atoms with Crippen molar-refractivity contribution in [2.24, 2.45) is 0 Å². The molecule has 1 aliphatic rings. The molecule has 1 aliphatic heterocycles. The standard InChI is InChI=1S/C10H18N2O3/c13-9(12-7-10(14)15)5-4-8-3-1-2-6-11-8/h8,11H,1-7H2,(H,12,13)(H,14,15). The molecule has 0 spiro atoms. The van der Waals surface area contributed by atoms with Gasteiger partial charge in [0.1, 0.15) is 6.54 Å². The van der Waals surface area contributed by atoms with Gasteiger partial charge in [-0.3, -0.25) is 9.59 Å². The van der Waals surface area contributed by atoms with Crippen molar-refractivity contribution in [3.05, 3.63) is 0 Å². The van der Waals surface area contributed by atoms with E-state index >= 15 is 0 Å². The third kappa shape index (κ3) is 5.37. The van der Waals surface area contributed by atoms with Crippen molar-refractivity contribution in [2.45, 2.75) is 38.1 Å². The van der Waals surface area contributed by atoms with Gasteiger partial charge in [0.05, 0.1) is 0 Å². The number of carboxylic acid groups (broad SMARTS) is 1. The van der Waals surface area contributed by atoms with Crippen molar-refractivity contribution in [1.29, 1.82) is 0 Å². The Morgan fingerprint density at radius 3 is 2.80 bits per heavy atom. The molecule has 1 heterocycles. The molecule has 0 saturated carbocycles. The zero-order valence-electron chi connectivity index (χ0n) is 8.79. The summed E-state index contributed by atoms with van der Waals surface area (Å²) in [5, 5.41) is 14.1. The van der Waals surface area contributed by atoms with Crippen molar-refractivity contribution in [3.63, 3.8) is 0 Å². The molecule has 5 nitrogen and oxygen atoms in total. The van der Waals surface area contributed by atoms with E-state index in [2.05, 4.69) is 10.6 Å². The summed E-state index contributed by atoms with van der Waals surface area (Å²) in [7, 11) is 0. The molecule has 0 aromatic heterocycles. The normalized spacial score (nSPS) is 20.9. The lowest BCUT2D eigenvalue weighted by Gasteiger charge is -2.22. The summed E-state index contributed by atoms with van der Waals surface area (Å²) < 4.78 is 0. The van der Waals surface area contributed by atoms with Gasteiger partial charge in [-0.15, -0.1) is 0 Å². The molecule has 1 unspecified atom stereocenters. The second-order valence-electron chi connectivity index (χ2n) is 3.86. The third-order valence-electron chi connectivity index (χ3n) is 2.57. The fraction of sp³-hybridized carbons (Fsp3) is 0.800. The van der Waals surface area contributed by atoms with Crippen LogP contribution in [0.25, 0.3) is 0 Å². The van der Waals surface area contributed by atoms with E-state index in [-0.39, 0.29) is 12.5 Å². The molecule has 1 fully saturated rings. The topological polar surface area (TPSA) is 78.4 Å². The Bertz CT molecular complexity index is 225. The third-order valence-corrected chi connectivity index (χ3v) is 2.57. The SMILES string of the molecule is O=C(O)CNC(=O)CCC1CCCCN1. The number of carbonyl (C=O) groups is 2. The van der Waals surface area contributed by atoms with E-state index in [9.17, 15) is 9.59 Å². The predicted molar refractivity (Wildman–Crippen MR) is 55.5 cm³/mol. The second-order valence-corrected chi connectivity index (χ2v) is 3.86. The van der Waals surface area contributed by atoms with Crippen molar-refractivity contribution in [1.82, 2.24) is 10.6 Å². The van der Waals surface area contributed by atoms with Crippen LogP contribution in [0.4, 0.5) is 0 Å². The zero-order chi connectivity index (χ0) is 11.1. The summed E-state index contributed by atoms with van der Waals surface area (Å²) >= 11 is 0. The molecular formula is C10H18N2O3. The molecule has 1 atom stereocenters. The van der Waals surface area contributed by atoms with Gasteiger partial charge < -0.3 is 15.7 Å². The lowest BCUT2D eigenvalue weighted by Crippen LogP contribution is -2.36. The van der Waals surface area contributed by atoms with Crippen molar-refractivity contribution in [2.75, 3.05) is 13.1 Å². The van der Waals surface area contributed by atoms with E-state index in [4.69, 9.17) is 5.11 Å². The van der Waals surface area contributed by atoms with E-state index in [1.165, 1.54) is 12.8 Å². The first-order chi connectivity index (χ1) is 7.18. The fourth-order valence-corrected chi connectivity index (χ4v) is 1.74. The second kappa shape index (κ2) is 6.40. The van der Waals surface area contributed by atoms with Crippen LogP contribution in [0.3, 0.4) is 0 Å². The van der Waals surface area contributed by atoms with Gasteiger partial charge in [-0.2, -0.15) is 0 Å². The minimum atomic E-state index is -1.00. The van der Waals surface area contributed by atoms with Gasteiger partial charge in [-0.25, -0.2) is 0 Å². The Kier molecular flexibility index (Phi) is 5.10. The van der Waals surface area contributed by atoms with Crippen LogP contribution >= 0.6 is 0 Å². The summed E-state index contributed by atoms with van der Waals surface area (Å²) in [5.41, 5.74) is 0. The number of nitrogens with one attached hydrogen (secondary N) is 2. The zero-order valence-corrected chi connectivity index (χ0v) is 8.79. The molecule has 0 aromatic rings. The molecule has 0 aliphatic carbocycles. The molecular weight excluding hydrogens is 196 g/mol. The van der Waals surface area contributed by atoms with Crippen LogP contribution in [0.15, 0.2) is 0 Å². The van der Waals surface area contributed by atoms with Gasteiger partial charge in [-0.05, 0) is 25.8 Å². The number of carbonyl (C=O) groups excluding carboxylic acids is 1. The fourth-order valence-electron chi connectivity index (χ4n) is 1.74. The van der Waals surface area contributed by atoms with Crippen molar-refractivity contribution >= 4 is 11.9 Å². The maximum absolute atomic E-state index is 11.2. The minimum Gasteiger partial charge on any atom is -0.480 e. The summed E-state index contributed by atoms with van der Waals surface area (Å²) in [6, 6.07) is 0.425. The monoisotopic (exact) mass is 214 g/mol. The summed E-state index contributed by atoms with van der Waals surface area (Å²) in [6.45, 7) is 0.748. The van der Waals surface area contributed by atoms with E-state index in [0.29, 0.717) is 12.5 Å². The Morgan fingerprint density at radius 1 is 1.40 bits per heavy atom. The molecule has 0 aromatic carbocycles. The number of aliphatic carboxylic acids is 1. The molecule has 15 heavy (non-hydrogen) atoms. The first kappa shape index (κ1) is 12.0. The maximum Gasteiger partial charge on any atom is 0.322 e. The highest BCUT2D eigenvalue weighted by atomic mass is 16.4. The molecule has 5 heteroatoms. The summed E-state index contributed by atoms with van der Waals surface area (Å²) in [5.74, 6) is -1.18. The highest BCUT2D eigenvalue weighted by molar-refractivity contribution is 5.81. The lowest BCUT2D eigenvalue weighted by atomic mass is 10.0. The van der Waals surface area contributed by atoms with Gasteiger partial charge in [0.25, 0.3) is 0 Å². The van der Waals surface area contributed by atoms with E-state index < -0.39 is 5.97 Å². The Morgan fingerprint density at radius 2 is 2.20 bits per heavy atom. The van der Waals surface area contributed by atoms with Gasteiger partial charge in [0, 0.05) is 12.5 Å². The lowest BCUT2D eigenvalue weighted by molar-refractivity contribution is -0.137. The quantitative estimate of drug-likeness (QED) is 0.607. The molecule has 0 radical (unpaired) electrons. The molecule has 0 bridgehead atoms. The molecule has 3 N–H and O–H groups in total. The van der Waals surface area contributed by atoms with Gasteiger partial charge >= 0.3 is 5.97 Å². The van der Waals surface area contributed by atoms with Gasteiger partial charge in [-0.1, -0.05) is 6.42 Å². The Hall–Kier alpha value is -1.10. The van der Waals surface area contributed by atoms with E-state index in [1.54, 1.807) is 0 Å². The predicted octanol–water partition coefficient (Wildman–Crippen LogP) is 0.109. The molecule has 1 saturated heterocycles. The molecule has 1 amide bonds. The smallest absolute Gasteiger partial charge is 0.322 e. The Balaban J connectivity index is 2.07. The number of piperidine rings is 1. The van der Waals surface area contributed by atoms with Crippen molar-refractivity contribution in [3.8, 4) is 0 Å². The van der Waals surface area contributed by atoms with Crippen LogP contribution in [0.1, 0.15) is 32.1 Å². The summed E-state index contributed by atoms with van der Waals surface area (Å²) in [6.07, 6.45) is 4.75. The van der Waals surface area contributed by atoms with E-state index in [0.717, 1.165) is 19.4 Å². The van der Waals surface area contributed by atoms with E-state index in [1.807, 2.05) is 0 Å². The number of hydrogen-bond donors (Lipinski definition) is 3. The first-order valence-corrected chi connectivity index (χ1v) is 5.40. The van der Waals surface area contributed by atoms with Gasteiger partial charge in [0.15, 0.2) is 0 Å². The molecule has 1 rings (SSSR count). The van der Waals surface area contributed by atoms with Crippen LogP contribution < -0.4 is 10.6 Å². The van der Waals surface area contributed by atoms with Crippen LogP contribution in [0.5, 0.6) is 0 Å². The van der Waals surface area contributed by atoms with Gasteiger partial charge in [0.2, 0.25) is 5.91 Å². The minimum absolute atomic E-state index is 0.176. The largest absolute Gasteiger partial charge is 0.480 e. The van der Waals surface area contributed by atoms with Crippen LogP contribution in [-0.2, 0) is 9.59 Å². The van der Waals surface area contributed by atoms with Crippen LogP contribution in [0.2, 0.25) is 0 Å². The first-order valence-electron chi connectivity index (χ1n) is 5.40. The number of carboxylic acids is 1. The highest BCUT2D eigenvalue weighted by Gasteiger charge is 2.13. The Labute approximate surface area is 89.2 Å². The summed E-state index contributed by atoms with van der Waals surface area (Å²) in [4.78, 5) is 21.4. The number of amides is 1. The highest BCUT2D eigenvalue weighted by Crippen LogP contribution is 2.11. The van der Waals surface area contributed by atoms with Crippen LogP contribution in [-0.4, -0.2) is 36.1 Å². The number of rotatable bonds is 5. The maximum atomic E-state index is 11.2. The number of hydrogen-bond acceptors (Lipinski definition) is 3. The van der Waals surface area contributed by atoms with Crippen molar-refractivity contribution < 1.29 is 14.7 Å².